The Balaban J connectivity index is 3.03. The van der Waals surface area contributed by atoms with E-state index < -0.39 is 0 Å². The number of benzene rings is 1. The molecule has 1 aromatic heterocycles. The van der Waals surface area contributed by atoms with Crippen LogP contribution in [0.15, 0.2) is 27.4 Å². The van der Waals surface area contributed by atoms with Gasteiger partial charge >= 0.3 is 5.63 Å². The zero-order chi connectivity index (χ0) is 9.42. The molecule has 0 aliphatic heterocycles. The molecule has 1 aromatic carbocycles. The van der Waals surface area contributed by atoms with Gasteiger partial charge in [0, 0.05) is 6.92 Å². The minimum absolute atomic E-state index is 0.314. The lowest BCUT2D eigenvalue weighted by Gasteiger charge is -1.99. The molecule has 0 fully saturated rings. The molecule has 2 aromatic rings. The van der Waals surface area contributed by atoms with Crippen LogP contribution in [0.1, 0.15) is 11.5 Å². The molecule has 66 valence electrons. The highest BCUT2D eigenvalue weighted by Crippen LogP contribution is 2.12. The van der Waals surface area contributed by atoms with Gasteiger partial charge in [0.1, 0.15) is 0 Å². The van der Waals surface area contributed by atoms with Crippen LogP contribution in [-0.2, 0) is 0 Å². The van der Waals surface area contributed by atoms with Gasteiger partial charge in [-0.25, -0.2) is 9.78 Å². The smallest absolute Gasteiger partial charge is 0.346 e. The summed E-state index contributed by atoms with van der Waals surface area (Å²) in [5, 5.41) is 0.547. The molecular weight excluding hydrogens is 166 g/mol. The van der Waals surface area contributed by atoms with E-state index in [-0.39, 0.29) is 5.63 Å². The van der Waals surface area contributed by atoms with Gasteiger partial charge in [0.25, 0.3) is 0 Å². The standard InChI is InChI=1S/C10H9NO2/c1-6-4-3-5-8-9(6)11-7(2)13-10(8)12/h3-5H,1-2H3. The van der Waals surface area contributed by atoms with Crippen LogP contribution in [0.5, 0.6) is 0 Å². The van der Waals surface area contributed by atoms with E-state index in [1.807, 2.05) is 19.1 Å². The molecule has 2 rings (SSSR count). The van der Waals surface area contributed by atoms with Gasteiger partial charge in [-0.1, -0.05) is 12.1 Å². The highest BCUT2D eigenvalue weighted by molar-refractivity contribution is 5.80. The maximum absolute atomic E-state index is 11.3. The Morgan fingerprint density at radius 3 is 2.85 bits per heavy atom. The molecule has 1 heterocycles. The SMILES string of the molecule is Cc1nc2c(C)cccc2c(=O)o1. The maximum atomic E-state index is 11.3. The summed E-state index contributed by atoms with van der Waals surface area (Å²) in [6, 6.07) is 5.47. The summed E-state index contributed by atoms with van der Waals surface area (Å²) in [5.74, 6) is 0.409. The van der Waals surface area contributed by atoms with Crippen LogP contribution in [0, 0.1) is 13.8 Å². The van der Waals surface area contributed by atoms with Crippen LogP contribution >= 0.6 is 0 Å². The van der Waals surface area contributed by atoms with E-state index in [2.05, 4.69) is 4.98 Å². The highest BCUT2D eigenvalue weighted by atomic mass is 16.4. The fourth-order valence-electron chi connectivity index (χ4n) is 1.34. The van der Waals surface area contributed by atoms with E-state index in [1.165, 1.54) is 0 Å². The molecule has 0 aliphatic carbocycles. The third-order valence-electron chi connectivity index (χ3n) is 1.97. The summed E-state index contributed by atoms with van der Waals surface area (Å²) >= 11 is 0. The van der Waals surface area contributed by atoms with Crippen molar-refractivity contribution in [3.63, 3.8) is 0 Å². The van der Waals surface area contributed by atoms with Crippen molar-refractivity contribution in [2.45, 2.75) is 13.8 Å². The lowest BCUT2D eigenvalue weighted by molar-refractivity contribution is 0.467. The van der Waals surface area contributed by atoms with Gasteiger partial charge < -0.3 is 4.42 Å². The van der Waals surface area contributed by atoms with Gasteiger partial charge in [0.05, 0.1) is 10.9 Å². The predicted octanol–water partition coefficient (Wildman–Crippen LogP) is 1.80. The average molecular weight is 175 g/mol. The molecule has 3 heteroatoms. The van der Waals surface area contributed by atoms with E-state index >= 15 is 0 Å². The highest BCUT2D eigenvalue weighted by Gasteiger charge is 2.04. The third kappa shape index (κ3) is 1.22. The Hall–Kier alpha value is -1.64. The third-order valence-corrected chi connectivity index (χ3v) is 1.97. The molecule has 0 atom stereocenters. The second-order valence-corrected chi connectivity index (χ2v) is 2.99. The predicted molar refractivity (Wildman–Crippen MR) is 49.8 cm³/mol. The van der Waals surface area contributed by atoms with Crippen molar-refractivity contribution in [2.75, 3.05) is 0 Å². The molecule has 0 radical (unpaired) electrons. The van der Waals surface area contributed by atoms with E-state index in [1.54, 1.807) is 13.0 Å². The van der Waals surface area contributed by atoms with Crippen LogP contribution in [0.25, 0.3) is 10.9 Å². The molecular formula is C10H9NO2. The zero-order valence-corrected chi connectivity index (χ0v) is 7.50. The fourth-order valence-corrected chi connectivity index (χ4v) is 1.34. The second-order valence-electron chi connectivity index (χ2n) is 2.99. The number of hydrogen-bond donors (Lipinski definition) is 0. The van der Waals surface area contributed by atoms with Crippen molar-refractivity contribution >= 4 is 10.9 Å². The summed E-state index contributed by atoms with van der Waals surface area (Å²) in [6.07, 6.45) is 0. The molecule has 0 saturated carbocycles. The Morgan fingerprint density at radius 1 is 1.31 bits per heavy atom. The summed E-state index contributed by atoms with van der Waals surface area (Å²) < 4.78 is 4.88. The molecule has 0 bridgehead atoms. The Kier molecular flexibility index (Phi) is 1.65. The van der Waals surface area contributed by atoms with Crippen molar-refractivity contribution in [1.82, 2.24) is 4.98 Å². The molecule has 0 saturated heterocycles. The van der Waals surface area contributed by atoms with Gasteiger partial charge in [0.15, 0.2) is 5.89 Å². The van der Waals surface area contributed by atoms with E-state index in [9.17, 15) is 4.79 Å². The van der Waals surface area contributed by atoms with Gasteiger partial charge in [-0.15, -0.1) is 0 Å². The van der Waals surface area contributed by atoms with Crippen molar-refractivity contribution in [3.8, 4) is 0 Å². The Morgan fingerprint density at radius 2 is 2.08 bits per heavy atom. The topological polar surface area (TPSA) is 43.1 Å². The molecule has 0 amide bonds. The van der Waals surface area contributed by atoms with Crippen LogP contribution in [0.3, 0.4) is 0 Å². The average Bonchev–Trinajstić information content (AvgIpc) is 2.07. The normalized spacial score (nSPS) is 10.6. The minimum Gasteiger partial charge on any atom is -0.408 e. The van der Waals surface area contributed by atoms with Crippen molar-refractivity contribution < 1.29 is 4.42 Å². The lowest BCUT2D eigenvalue weighted by atomic mass is 10.1. The van der Waals surface area contributed by atoms with Crippen molar-refractivity contribution in [2.24, 2.45) is 0 Å². The van der Waals surface area contributed by atoms with Crippen LogP contribution < -0.4 is 5.63 Å². The van der Waals surface area contributed by atoms with E-state index in [0.717, 1.165) is 11.1 Å². The first kappa shape index (κ1) is 7.98. The molecule has 13 heavy (non-hydrogen) atoms. The fraction of sp³-hybridized carbons (Fsp3) is 0.200. The summed E-state index contributed by atoms with van der Waals surface area (Å²) in [4.78, 5) is 15.5. The lowest BCUT2D eigenvalue weighted by Crippen LogP contribution is -2.03. The minimum atomic E-state index is -0.314. The van der Waals surface area contributed by atoms with Gasteiger partial charge in [-0.2, -0.15) is 0 Å². The maximum Gasteiger partial charge on any atom is 0.346 e. The van der Waals surface area contributed by atoms with Crippen molar-refractivity contribution in [1.29, 1.82) is 0 Å². The molecule has 0 aliphatic rings. The number of hydrogen-bond acceptors (Lipinski definition) is 3. The van der Waals surface area contributed by atoms with E-state index in [4.69, 9.17) is 4.42 Å². The number of fused-ring (bicyclic) bond motifs is 1. The number of rotatable bonds is 0. The molecule has 0 N–H and O–H groups in total. The van der Waals surface area contributed by atoms with Crippen molar-refractivity contribution in [3.05, 3.63) is 40.1 Å². The largest absolute Gasteiger partial charge is 0.408 e. The quantitative estimate of drug-likeness (QED) is 0.613. The zero-order valence-electron chi connectivity index (χ0n) is 7.50. The number of aryl methyl sites for hydroxylation is 2. The monoisotopic (exact) mass is 175 g/mol. The second kappa shape index (κ2) is 2.69. The van der Waals surface area contributed by atoms with Crippen LogP contribution in [-0.4, -0.2) is 4.98 Å². The van der Waals surface area contributed by atoms with Gasteiger partial charge in [-0.05, 0) is 18.6 Å². The van der Waals surface area contributed by atoms with Crippen LogP contribution in [0.4, 0.5) is 0 Å². The number of aromatic nitrogens is 1. The summed E-state index contributed by atoms with van der Waals surface area (Å²) in [5.41, 5.74) is 1.41. The van der Waals surface area contributed by atoms with Gasteiger partial charge in [-0.3, -0.25) is 0 Å². The van der Waals surface area contributed by atoms with Gasteiger partial charge in [0.2, 0.25) is 0 Å². The van der Waals surface area contributed by atoms with Crippen LogP contribution in [0.2, 0.25) is 0 Å². The number of nitrogens with zero attached hydrogens (tertiary/aromatic N) is 1. The summed E-state index contributed by atoms with van der Waals surface area (Å²) in [7, 11) is 0. The molecule has 3 nitrogen and oxygen atoms in total. The Bertz CT molecular complexity index is 514. The molecule has 0 unspecified atom stereocenters. The molecule has 0 spiro atoms. The first-order chi connectivity index (χ1) is 6.18. The number of para-hydroxylation sites is 1. The van der Waals surface area contributed by atoms with E-state index in [0.29, 0.717) is 11.3 Å². The Labute approximate surface area is 75.0 Å². The first-order valence-electron chi connectivity index (χ1n) is 4.05. The first-order valence-corrected chi connectivity index (χ1v) is 4.05. The summed E-state index contributed by atoms with van der Waals surface area (Å²) in [6.45, 7) is 3.60.